The molecule has 0 heterocycles. The van der Waals surface area contributed by atoms with Crippen molar-refractivity contribution in [3.05, 3.63) is 0 Å². The summed E-state index contributed by atoms with van der Waals surface area (Å²) in [6.07, 6.45) is 4.31. The standard InChI is InChI=1S/C13H24N2O3/c1-9-5-4-6-10(7-9)14-12(18)15-13(2,3)8-11(16)17/h9-10H,4-8H2,1-3H3,(H,16,17)(H2,14,15,18). The van der Waals surface area contributed by atoms with E-state index < -0.39 is 11.5 Å². The summed E-state index contributed by atoms with van der Waals surface area (Å²) in [4.78, 5) is 22.5. The zero-order valence-electron chi connectivity index (χ0n) is 11.5. The van der Waals surface area contributed by atoms with Gasteiger partial charge in [-0.25, -0.2) is 4.79 Å². The lowest BCUT2D eigenvalue weighted by atomic mass is 9.87. The number of nitrogens with one attached hydrogen (secondary N) is 2. The van der Waals surface area contributed by atoms with Crippen molar-refractivity contribution in [3.63, 3.8) is 0 Å². The van der Waals surface area contributed by atoms with Gasteiger partial charge in [-0.3, -0.25) is 4.79 Å². The van der Waals surface area contributed by atoms with Crippen LogP contribution < -0.4 is 10.6 Å². The van der Waals surface area contributed by atoms with Crippen LogP contribution in [-0.2, 0) is 4.79 Å². The third-order valence-corrected chi connectivity index (χ3v) is 3.32. The molecule has 0 radical (unpaired) electrons. The molecular weight excluding hydrogens is 232 g/mol. The zero-order chi connectivity index (χ0) is 13.8. The minimum atomic E-state index is -0.911. The summed E-state index contributed by atoms with van der Waals surface area (Å²) in [5.74, 6) is -0.261. The maximum atomic E-state index is 11.8. The van der Waals surface area contributed by atoms with Crippen LogP contribution in [0.5, 0.6) is 0 Å². The molecule has 3 N–H and O–H groups in total. The normalized spacial score (nSPS) is 24.4. The molecule has 0 aliphatic heterocycles. The molecule has 1 saturated carbocycles. The molecule has 5 nitrogen and oxygen atoms in total. The Morgan fingerprint density at radius 3 is 2.56 bits per heavy atom. The van der Waals surface area contributed by atoms with E-state index in [1.807, 2.05) is 0 Å². The van der Waals surface area contributed by atoms with Gasteiger partial charge in [-0.2, -0.15) is 0 Å². The summed E-state index contributed by atoms with van der Waals surface area (Å²) in [6, 6.07) is -0.0465. The fourth-order valence-corrected chi connectivity index (χ4v) is 2.52. The maximum Gasteiger partial charge on any atom is 0.315 e. The van der Waals surface area contributed by atoms with E-state index in [0.29, 0.717) is 5.92 Å². The zero-order valence-corrected chi connectivity index (χ0v) is 11.5. The van der Waals surface area contributed by atoms with Gasteiger partial charge in [-0.1, -0.05) is 19.8 Å². The van der Waals surface area contributed by atoms with Gasteiger partial charge in [0.25, 0.3) is 0 Å². The van der Waals surface area contributed by atoms with Crippen molar-refractivity contribution in [2.75, 3.05) is 0 Å². The lowest BCUT2D eigenvalue weighted by Crippen LogP contribution is -2.52. The molecule has 2 unspecified atom stereocenters. The van der Waals surface area contributed by atoms with Gasteiger partial charge in [-0.05, 0) is 32.6 Å². The van der Waals surface area contributed by atoms with Gasteiger partial charge in [0.2, 0.25) is 0 Å². The second kappa shape index (κ2) is 6.07. The third kappa shape index (κ3) is 5.38. The quantitative estimate of drug-likeness (QED) is 0.721. The highest BCUT2D eigenvalue weighted by atomic mass is 16.4. The van der Waals surface area contributed by atoms with Gasteiger partial charge < -0.3 is 15.7 Å². The minimum Gasteiger partial charge on any atom is -0.481 e. The summed E-state index contributed by atoms with van der Waals surface area (Å²) < 4.78 is 0. The van der Waals surface area contributed by atoms with Gasteiger partial charge in [0.15, 0.2) is 0 Å². The van der Waals surface area contributed by atoms with Crippen molar-refractivity contribution in [3.8, 4) is 0 Å². The van der Waals surface area contributed by atoms with Gasteiger partial charge in [0.1, 0.15) is 0 Å². The number of hydrogen-bond acceptors (Lipinski definition) is 2. The number of hydrogen-bond donors (Lipinski definition) is 3. The Kier molecular flexibility index (Phi) is 4.99. The van der Waals surface area contributed by atoms with Crippen LogP contribution >= 0.6 is 0 Å². The summed E-state index contributed by atoms with van der Waals surface area (Å²) in [5, 5.41) is 14.4. The molecule has 1 fully saturated rings. The molecule has 2 amide bonds. The topological polar surface area (TPSA) is 78.4 Å². The van der Waals surface area contributed by atoms with Crippen LogP contribution in [0, 0.1) is 5.92 Å². The van der Waals surface area contributed by atoms with Crippen LogP contribution in [0.3, 0.4) is 0 Å². The van der Waals surface area contributed by atoms with Crippen LogP contribution in [0.15, 0.2) is 0 Å². The second-order valence-electron chi connectivity index (χ2n) is 6.02. The van der Waals surface area contributed by atoms with E-state index in [-0.39, 0.29) is 18.5 Å². The Hall–Kier alpha value is -1.26. The molecule has 0 aromatic carbocycles. The Balaban J connectivity index is 2.38. The van der Waals surface area contributed by atoms with Crippen molar-refractivity contribution >= 4 is 12.0 Å². The first-order chi connectivity index (χ1) is 8.28. The van der Waals surface area contributed by atoms with E-state index >= 15 is 0 Å². The second-order valence-corrected chi connectivity index (χ2v) is 6.02. The first-order valence-corrected chi connectivity index (χ1v) is 6.59. The molecule has 1 aliphatic rings. The molecule has 2 atom stereocenters. The number of carbonyl (C=O) groups excluding carboxylic acids is 1. The molecule has 0 saturated heterocycles. The van der Waals surface area contributed by atoms with Crippen molar-refractivity contribution in [2.24, 2.45) is 5.92 Å². The van der Waals surface area contributed by atoms with Crippen molar-refractivity contribution in [1.29, 1.82) is 0 Å². The maximum absolute atomic E-state index is 11.8. The molecule has 5 heteroatoms. The predicted octanol–water partition coefficient (Wildman–Crippen LogP) is 2.12. The fraction of sp³-hybridized carbons (Fsp3) is 0.846. The Morgan fingerprint density at radius 1 is 1.33 bits per heavy atom. The van der Waals surface area contributed by atoms with E-state index in [0.717, 1.165) is 19.3 Å². The van der Waals surface area contributed by atoms with E-state index in [1.165, 1.54) is 6.42 Å². The average Bonchev–Trinajstić information content (AvgIpc) is 2.13. The van der Waals surface area contributed by atoms with Gasteiger partial charge in [0, 0.05) is 11.6 Å². The van der Waals surface area contributed by atoms with Gasteiger partial charge in [0.05, 0.1) is 6.42 Å². The average molecular weight is 256 g/mol. The Morgan fingerprint density at radius 2 is 2.00 bits per heavy atom. The number of amides is 2. The molecule has 0 aromatic heterocycles. The molecule has 0 aromatic rings. The highest BCUT2D eigenvalue weighted by molar-refractivity contribution is 5.76. The lowest BCUT2D eigenvalue weighted by molar-refractivity contribution is -0.138. The number of urea groups is 1. The fourth-order valence-electron chi connectivity index (χ4n) is 2.52. The number of carboxylic acids is 1. The largest absolute Gasteiger partial charge is 0.481 e. The summed E-state index contributed by atoms with van der Waals surface area (Å²) in [7, 11) is 0. The summed E-state index contributed by atoms with van der Waals surface area (Å²) >= 11 is 0. The van der Waals surface area contributed by atoms with Crippen molar-refractivity contribution < 1.29 is 14.7 Å². The van der Waals surface area contributed by atoms with Crippen molar-refractivity contribution in [2.45, 2.75) is 64.5 Å². The third-order valence-electron chi connectivity index (χ3n) is 3.32. The Bertz CT molecular complexity index is 315. The smallest absolute Gasteiger partial charge is 0.315 e. The van der Waals surface area contributed by atoms with Crippen LogP contribution in [-0.4, -0.2) is 28.7 Å². The molecule has 18 heavy (non-hydrogen) atoms. The molecule has 104 valence electrons. The first kappa shape index (κ1) is 14.8. The highest BCUT2D eigenvalue weighted by Crippen LogP contribution is 2.23. The first-order valence-electron chi connectivity index (χ1n) is 6.59. The van der Waals surface area contributed by atoms with E-state index in [9.17, 15) is 9.59 Å². The van der Waals surface area contributed by atoms with E-state index in [1.54, 1.807) is 13.8 Å². The number of rotatable bonds is 4. The van der Waals surface area contributed by atoms with Crippen LogP contribution in [0.2, 0.25) is 0 Å². The molecular formula is C13H24N2O3. The van der Waals surface area contributed by atoms with Crippen LogP contribution in [0.1, 0.15) is 52.9 Å². The van der Waals surface area contributed by atoms with Gasteiger partial charge >= 0.3 is 12.0 Å². The monoisotopic (exact) mass is 256 g/mol. The minimum absolute atomic E-state index is 0.0819. The SMILES string of the molecule is CC1CCCC(NC(=O)NC(C)(C)CC(=O)O)C1. The molecule has 1 rings (SSSR count). The predicted molar refractivity (Wildman–Crippen MR) is 69.4 cm³/mol. The molecule has 0 bridgehead atoms. The van der Waals surface area contributed by atoms with Gasteiger partial charge in [-0.15, -0.1) is 0 Å². The molecule has 1 aliphatic carbocycles. The number of carbonyl (C=O) groups is 2. The van der Waals surface area contributed by atoms with Crippen LogP contribution in [0.25, 0.3) is 0 Å². The summed E-state index contributed by atoms with van der Waals surface area (Å²) in [6.45, 7) is 5.62. The molecule has 0 spiro atoms. The van der Waals surface area contributed by atoms with Crippen molar-refractivity contribution in [1.82, 2.24) is 10.6 Å². The lowest BCUT2D eigenvalue weighted by Gasteiger charge is -2.30. The van der Waals surface area contributed by atoms with E-state index in [4.69, 9.17) is 5.11 Å². The summed E-state index contributed by atoms with van der Waals surface area (Å²) in [5.41, 5.74) is -0.726. The highest BCUT2D eigenvalue weighted by Gasteiger charge is 2.26. The Labute approximate surface area is 108 Å². The number of carboxylic acid groups (broad SMARTS) is 1. The van der Waals surface area contributed by atoms with E-state index in [2.05, 4.69) is 17.6 Å². The van der Waals surface area contributed by atoms with Crippen LogP contribution in [0.4, 0.5) is 4.79 Å². The number of aliphatic carboxylic acids is 1.